The van der Waals surface area contributed by atoms with Crippen molar-refractivity contribution in [3.8, 4) is 39.1 Å². The Morgan fingerprint density at radius 3 is 1.92 bits per heavy atom. The van der Waals surface area contributed by atoms with Crippen molar-refractivity contribution in [1.29, 1.82) is 0 Å². The fourth-order valence-electron chi connectivity index (χ4n) is 11.4. The molecule has 1 aromatic heterocycles. The number of hydrogen-bond donors (Lipinski definition) is 0. The Balaban J connectivity index is 1.11. The molecule has 1 fully saturated rings. The van der Waals surface area contributed by atoms with Crippen LogP contribution in [0.15, 0.2) is 200 Å². The minimum atomic E-state index is -0.146. The summed E-state index contributed by atoms with van der Waals surface area (Å²) < 4.78 is 2.43. The van der Waals surface area contributed by atoms with E-state index in [9.17, 15) is 0 Å². The Hall–Kier alpha value is -7.16. The molecule has 10 aromatic rings. The summed E-state index contributed by atoms with van der Waals surface area (Å²) in [5.74, 6) is 0.578. The van der Waals surface area contributed by atoms with Crippen LogP contribution in [-0.4, -0.2) is 4.57 Å². The van der Waals surface area contributed by atoms with Crippen LogP contribution in [0, 0.1) is 0 Å². The molecule has 12 rings (SSSR count). The molecule has 0 radical (unpaired) electrons. The molecule has 9 aromatic carbocycles. The lowest BCUT2D eigenvalue weighted by molar-refractivity contribution is 0.445. The van der Waals surface area contributed by atoms with Crippen LogP contribution in [0.4, 0.5) is 17.1 Å². The van der Waals surface area contributed by atoms with Crippen molar-refractivity contribution >= 4 is 49.6 Å². The Bertz CT molecular complexity index is 3360. The average molecular weight is 811 g/mol. The van der Waals surface area contributed by atoms with Crippen LogP contribution in [0.3, 0.4) is 0 Å². The molecule has 0 aliphatic heterocycles. The maximum absolute atomic E-state index is 2.56. The number of para-hydroxylation sites is 4. The van der Waals surface area contributed by atoms with Crippen LogP contribution in [0.5, 0.6) is 0 Å². The van der Waals surface area contributed by atoms with Gasteiger partial charge in [-0.15, -0.1) is 0 Å². The molecule has 2 aliphatic rings. The number of nitrogens with zero attached hydrogens (tertiary/aromatic N) is 2. The van der Waals surface area contributed by atoms with Gasteiger partial charge in [-0.25, -0.2) is 0 Å². The van der Waals surface area contributed by atoms with Crippen LogP contribution in [0.1, 0.15) is 68.6 Å². The summed E-state index contributed by atoms with van der Waals surface area (Å²) in [6.45, 7) is 4.77. The molecule has 0 N–H and O–H groups in total. The van der Waals surface area contributed by atoms with Gasteiger partial charge in [-0.3, -0.25) is 0 Å². The highest BCUT2D eigenvalue weighted by molar-refractivity contribution is 6.11. The summed E-state index contributed by atoms with van der Waals surface area (Å²) in [7, 11) is 0. The lowest BCUT2D eigenvalue weighted by Crippen LogP contribution is -2.17. The SMILES string of the molecule is CC1(C)c2ccccc2-c2ccc(N(c3ccccc3-c3ccc4c5ccccc5n(-c5ccccc5)c4c3)c3ccccc3-c3cccc4cccc(C5CCCCC5)c34)cc21. The highest BCUT2D eigenvalue weighted by Crippen LogP contribution is 2.53. The van der Waals surface area contributed by atoms with Crippen LogP contribution in [-0.2, 0) is 5.41 Å². The summed E-state index contributed by atoms with van der Waals surface area (Å²) in [5.41, 5.74) is 18.7. The largest absolute Gasteiger partial charge is 0.309 e. The predicted molar refractivity (Wildman–Crippen MR) is 267 cm³/mol. The summed E-state index contributed by atoms with van der Waals surface area (Å²) in [4.78, 5) is 2.56. The standard InChI is InChI=1S/C61H50N2/c1-61(2)54-31-13-9-26-48(54)49-38-36-45(40-55(49)61)63(58-34-16-12-28-51(58)53-30-18-22-42-21-17-29-47(60(42)53)41-19-5-3-6-20-41)56-32-14-10-25-46(56)43-35-37-52-50-27-11-15-33-57(50)62(59(52)39-43)44-23-7-4-8-24-44/h4,7-18,21-41H,3,5-6,19-20H2,1-2H3. The number of anilines is 3. The molecule has 63 heavy (non-hydrogen) atoms. The quantitative estimate of drug-likeness (QED) is 0.156. The first-order valence-electron chi connectivity index (χ1n) is 22.9. The molecule has 2 heteroatoms. The Kier molecular flexibility index (Phi) is 8.97. The third-order valence-electron chi connectivity index (χ3n) is 14.4. The second-order valence-electron chi connectivity index (χ2n) is 18.3. The van der Waals surface area contributed by atoms with E-state index in [4.69, 9.17) is 0 Å². The molecule has 1 saturated carbocycles. The van der Waals surface area contributed by atoms with E-state index >= 15 is 0 Å². The van der Waals surface area contributed by atoms with Crippen molar-refractivity contribution in [3.05, 3.63) is 217 Å². The number of aromatic nitrogens is 1. The highest BCUT2D eigenvalue weighted by atomic mass is 15.1. The van der Waals surface area contributed by atoms with Gasteiger partial charge in [0.05, 0.1) is 22.4 Å². The van der Waals surface area contributed by atoms with E-state index in [-0.39, 0.29) is 5.41 Å². The zero-order valence-corrected chi connectivity index (χ0v) is 36.1. The summed E-state index contributed by atoms with van der Waals surface area (Å²) >= 11 is 0. The van der Waals surface area contributed by atoms with E-state index in [1.165, 1.54) is 120 Å². The van der Waals surface area contributed by atoms with Gasteiger partial charge in [0.25, 0.3) is 0 Å². The van der Waals surface area contributed by atoms with E-state index in [1.54, 1.807) is 0 Å². The number of hydrogen-bond acceptors (Lipinski definition) is 1. The average Bonchev–Trinajstić information content (AvgIpc) is 3.79. The molecule has 0 atom stereocenters. The van der Waals surface area contributed by atoms with Gasteiger partial charge in [-0.2, -0.15) is 0 Å². The third-order valence-corrected chi connectivity index (χ3v) is 14.4. The monoisotopic (exact) mass is 810 g/mol. The van der Waals surface area contributed by atoms with Crippen molar-refractivity contribution in [2.45, 2.75) is 57.3 Å². The highest BCUT2D eigenvalue weighted by Gasteiger charge is 2.36. The first-order valence-corrected chi connectivity index (χ1v) is 22.9. The van der Waals surface area contributed by atoms with Gasteiger partial charge in [-0.05, 0) is 117 Å². The molecule has 2 aliphatic carbocycles. The first kappa shape index (κ1) is 37.6. The summed E-state index contributed by atoms with van der Waals surface area (Å²) in [6.07, 6.45) is 6.47. The molecule has 0 saturated heterocycles. The van der Waals surface area contributed by atoms with Crippen LogP contribution < -0.4 is 4.90 Å². The molecule has 0 unspecified atom stereocenters. The second-order valence-corrected chi connectivity index (χ2v) is 18.3. The smallest absolute Gasteiger partial charge is 0.0547 e. The van der Waals surface area contributed by atoms with Crippen LogP contribution in [0.25, 0.3) is 71.6 Å². The van der Waals surface area contributed by atoms with Crippen LogP contribution >= 0.6 is 0 Å². The van der Waals surface area contributed by atoms with E-state index in [0.717, 1.165) is 17.1 Å². The van der Waals surface area contributed by atoms with Crippen molar-refractivity contribution in [1.82, 2.24) is 4.57 Å². The fraction of sp³-hybridized carbons (Fsp3) is 0.148. The normalized spacial score (nSPS) is 14.6. The Labute approximate surface area is 370 Å². The molecular weight excluding hydrogens is 761 g/mol. The van der Waals surface area contributed by atoms with Crippen molar-refractivity contribution in [2.75, 3.05) is 4.90 Å². The second kappa shape index (κ2) is 15.0. The lowest BCUT2D eigenvalue weighted by Gasteiger charge is -2.32. The van der Waals surface area contributed by atoms with Crippen LogP contribution in [0.2, 0.25) is 0 Å². The summed E-state index contributed by atoms with van der Waals surface area (Å²) in [5, 5.41) is 5.23. The molecule has 0 bridgehead atoms. The van der Waals surface area contributed by atoms with Gasteiger partial charge in [0.2, 0.25) is 0 Å². The van der Waals surface area contributed by atoms with E-state index < -0.39 is 0 Å². The van der Waals surface area contributed by atoms with E-state index in [1.807, 2.05) is 0 Å². The van der Waals surface area contributed by atoms with E-state index in [0.29, 0.717) is 5.92 Å². The lowest BCUT2D eigenvalue weighted by atomic mass is 9.80. The summed E-state index contributed by atoms with van der Waals surface area (Å²) in [6, 6.07) is 75.0. The van der Waals surface area contributed by atoms with Crippen molar-refractivity contribution < 1.29 is 0 Å². The zero-order chi connectivity index (χ0) is 42.1. The fourth-order valence-corrected chi connectivity index (χ4v) is 11.4. The Morgan fingerprint density at radius 2 is 1.10 bits per heavy atom. The van der Waals surface area contributed by atoms with E-state index in [2.05, 4.69) is 224 Å². The number of fused-ring (bicyclic) bond motifs is 7. The number of benzene rings is 9. The maximum atomic E-state index is 2.56. The molecular formula is C61H50N2. The van der Waals surface area contributed by atoms with Gasteiger partial charge in [-0.1, -0.05) is 185 Å². The molecule has 2 nitrogen and oxygen atoms in total. The molecule has 0 spiro atoms. The zero-order valence-electron chi connectivity index (χ0n) is 36.1. The Morgan fingerprint density at radius 1 is 0.460 bits per heavy atom. The van der Waals surface area contributed by atoms with Crippen molar-refractivity contribution in [2.24, 2.45) is 0 Å². The third kappa shape index (κ3) is 6.07. The topological polar surface area (TPSA) is 8.17 Å². The van der Waals surface area contributed by atoms with Gasteiger partial charge >= 0.3 is 0 Å². The molecule has 304 valence electrons. The minimum absolute atomic E-state index is 0.146. The minimum Gasteiger partial charge on any atom is -0.309 e. The molecule has 1 heterocycles. The maximum Gasteiger partial charge on any atom is 0.0547 e. The molecule has 0 amide bonds. The first-order chi connectivity index (χ1) is 31.0. The van der Waals surface area contributed by atoms with Gasteiger partial charge in [0.1, 0.15) is 0 Å². The van der Waals surface area contributed by atoms with Gasteiger partial charge < -0.3 is 9.47 Å². The van der Waals surface area contributed by atoms with Gasteiger partial charge in [0.15, 0.2) is 0 Å². The number of rotatable bonds is 7. The predicted octanol–water partition coefficient (Wildman–Crippen LogP) is 17.1. The van der Waals surface area contributed by atoms with Gasteiger partial charge in [0, 0.05) is 38.7 Å². The van der Waals surface area contributed by atoms with Crippen molar-refractivity contribution in [3.63, 3.8) is 0 Å².